The molecular formula is C9H11N5O2S. The standard InChI is InChI=1S/C9H11N5O2S/c1-5-7(8(15)13-10)2-6(16-5)3-17-9-11-4-12-14-9/h2,4H,3,10H2,1H3,(H,13,15)(H,11,12,14). The summed E-state index contributed by atoms with van der Waals surface area (Å²) in [5.74, 6) is 6.49. The normalized spacial score (nSPS) is 10.5. The number of amides is 1. The van der Waals surface area contributed by atoms with Crippen LogP contribution in [-0.4, -0.2) is 21.1 Å². The molecule has 17 heavy (non-hydrogen) atoms. The van der Waals surface area contributed by atoms with E-state index < -0.39 is 0 Å². The molecule has 2 aromatic heterocycles. The van der Waals surface area contributed by atoms with Gasteiger partial charge in [0.15, 0.2) is 5.16 Å². The van der Waals surface area contributed by atoms with Crippen molar-refractivity contribution in [2.24, 2.45) is 5.84 Å². The SMILES string of the molecule is Cc1oc(CSc2ncn[nH]2)cc1C(=O)NN. The summed E-state index contributed by atoms with van der Waals surface area (Å²) in [4.78, 5) is 15.3. The summed E-state index contributed by atoms with van der Waals surface area (Å²) in [6, 6.07) is 1.67. The first kappa shape index (κ1) is 11.7. The highest BCUT2D eigenvalue weighted by atomic mass is 32.2. The van der Waals surface area contributed by atoms with Gasteiger partial charge in [0.2, 0.25) is 0 Å². The van der Waals surface area contributed by atoms with Gasteiger partial charge in [-0.05, 0) is 13.0 Å². The third-order valence-corrected chi connectivity index (χ3v) is 2.99. The minimum Gasteiger partial charge on any atom is -0.465 e. The number of nitrogens with one attached hydrogen (secondary N) is 2. The molecule has 0 aliphatic rings. The van der Waals surface area contributed by atoms with Gasteiger partial charge in [0.05, 0.1) is 11.3 Å². The second-order valence-corrected chi connectivity index (χ2v) is 4.20. The van der Waals surface area contributed by atoms with E-state index in [-0.39, 0.29) is 5.91 Å². The Morgan fingerprint density at radius 1 is 1.71 bits per heavy atom. The minimum absolute atomic E-state index is 0.359. The van der Waals surface area contributed by atoms with Crippen molar-refractivity contribution in [1.82, 2.24) is 20.6 Å². The van der Waals surface area contributed by atoms with Crippen molar-refractivity contribution in [3.05, 3.63) is 29.5 Å². The smallest absolute Gasteiger partial charge is 0.268 e. The van der Waals surface area contributed by atoms with Crippen LogP contribution >= 0.6 is 11.8 Å². The Morgan fingerprint density at radius 3 is 3.18 bits per heavy atom. The molecule has 0 spiro atoms. The molecule has 2 rings (SSSR count). The lowest BCUT2D eigenvalue weighted by Crippen LogP contribution is -2.30. The number of carbonyl (C=O) groups is 1. The summed E-state index contributed by atoms with van der Waals surface area (Å²) in [7, 11) is 0. The number of furan rings is 1. The fraction of sp³-hybridized carbons (Fsp3) is 0.222. The number of hydrogen-bond donors (Lipinski definition) is 3. The van der Waals surface area contributed by atoms with E-state index in [0.717, 1.165) is 0 Å². The third kappa shape index (κ3) is 2.66. The quantitative estimate of drug-likeness (QED) is 0.318. The lowest BCUT2D eigenvalue weighted by Gasteiger charge is -1.93. The summed E-state index contributed by atoms with van der Waals surface area (Å²) >= 11 is 1.44. The van der Waals surface area contributed by atoms with E-state index in [4.69, 9.17) is 10.3 Å². The Kier molecular flexibility index (Phi) is 3.45. The molecule has 0 radical (unpaired) electrons. The van der Waals surface area contributed by atoms with Crippen LogP contribution < -0.4 is 11.3 Å². The van der Waals surface area contributed by atoms with Crippen molar-refractivity contribution in [2.75, 3.05) is 0 Å². The molecule has 7 nitrogen and oxygen atoms in total. The second-order valence-electron chi connectivity index (χ2n) is 3.24. The van der Waals surface area contributed by atoms with Gasteiger partial charge in [-0.15, -0.1) is 0 Å². The topological polar surface area (TPSA) is 110 Å². The average molecular weight is 253 g/mol. The van der Waals surface area contributed by atoms with Gasteiger partial charge < -0.3 is 4.42 Å². The van der Waals surface area contributed by atoms with Crippen LogP contribution in [0.4, 0.5) is 0 Å². The molecule has 0 aromatic carbocycles. The summed E-state index contributed by atoms with van der Waals surface area (Å²) in [5, 5.41) is 7.15. The Balaban J connectivity index is 2.05. The molecule has 2 heterocycles. The van der Waals surface area contributed by atoms with E-state index in [1.807, 2.05) is 0 Å². The maximum absolute atomic E-state index is 11.3. The van der Waals surface area contributed by atoms with Gasteiger partial charge in [0.25, 0.3) is 5.91 Å². The van der Waals surface area contributed by atoms with E-state index >= 15 is 0 Å². The highest BCUT2D eigenvalue weighted by Gasteiger charge is 2.14. The Hall–Kier alpha value is -1.80. The Bertz CT molecular complexity index is 507. The van der Waals surface area contributed by atoms with Gasteiger partial charge in [-0.1, -0.05) is 11.8 Å². The zero-order valence-electron chi connectivity index (χ0n) is 9.06. The number of carbonyl (C=O) groups excluding carboxylic acids is 1. The molecule has 8 heteroatoms. The van der Waals surface area contributed by atoms with Crippen molar-refractivity contribution in [2.45, 2.75) is 17.8 Å². The first-order valence-corrected chi connectivity index (χ1v) is 5.77. The zero-order chi connectivity index (χ0) is 12.3. The molecule has 4 N–H and O–H groups in total. The van der Waals surface area contributed by atoms with Crippen LogP contribution in [0.25, 0.3) is 0 Å². The molecule has 0 fully saturated rings. The number of hydrazine groups is 1. The van der Waals surface area contributed by atoms with Crippen LogP contribution in [0.5, 0.6) is 0 Å². The molecular weight excluding hydrogens is 242 g/mol. The first-order valence-electron chi connectivity index (χ1n) is 4.79. The molecule has 0 saturated carbocycles. The first-order chi connectivity index (χ1) is 8.20. The van der Waals surface area contributed by atoms with Crippen LogP contribution in [-0.2, 0) is 5.75 Å². The van der Waals surface area contributed by atoms with E-state index in [1.165, 1.54) is 18.1 Å². The third-order valence-electron chi connectivity index (χ3n) is 2.09. The largest absolute Gasteiger partial charge is 0.465 e. The summed E-state index contributed by atoms with van der Waals surface area (Å²) in [6.45, 7) is 1.72. The lowest BCUT2D eigenvalue weighted by molar-refractivity contribution is 0.0952. The minimum atomic E-state index is -0.359. The number of aromatic nitrogens is 3. The van der Waals surface area contributed by atoms with Crippen LogP contribution in [0, 0.1) is 6.92 Å². The van der Waals surface area contributed by atoms with Crippen molar-refractivity contribution in [1.29, 1.82) is 0 Å². The van der Waals surface area contributed by atoms with Crippen molar-refractivity contribution in [3.8, 4) is 0 Å². The molecule has 2 aromatic rings. The Labute approximate surface area is 101 Å². The van der Waals surface area contributed by atoms with E-state index in [1.54, 1.807) is 13.0 Å². The highest BCUT2D eigenvalue weighted by Crippen LogP contribution is 2.22. The van der Waals surface area contributed by atoms with Gasteiger partial charge in [-0.25, -0.2) is 10.8 Å². The molecule has 0 unspecified atom stereocenters. The fourth-order valence-electron chi connectivity index (χ4n) is 1.32. The summed E-state index contributed by atoms with van der Waals surface area (Å²) in [5.41, 5.74) is 2.52. The van der Waals surface area contributed by atoms with E-state index in [9.17, 15) is 4.79 Å². The number of H-pyrrole nitrogens is 1. The highest BCUT2D eigenvalue weighted by molar-refractivity contribution is 7.98. The van der Waals surface area contributed by atoms with Gasteiger partial charge in [0.1, 0.15) is 17.8 Å². The zero-order valence-corrected chi connectivity index (χ0v) is 9.87. The molecule has 0 atom stereocenters. The predicted molar refractivity (Wildman–Crippen MR) is 61.0 cm³/mol. The summed E-state index contributed by atoms with van der Waals surface area (Å²) < 4.78 is 5.44. The second kappa shape index (κ2) is 5.02. The van der Waals surface area contributed by atoms with Gasteiger partial charge in [-0.3, -0.25) is 15.3 Å². The summed E-state index contributed by atoms with van der Waals surface area (Å²) in [6.07, 6.45) is 1.43. The number of nitrogens with zero attached hydrogens (tertiary/aromatic N) is 2. The maximum Gasteiger partial charge on any atom is 0.268 e. The van der Waals surface area contributed by atoms with E-state index in [2.05, 4.69) is 20.6 Å². The monoisotopic (exact) mass is 253 g/mol. The maximum atomic E-state index is 11.3. The number of nitrogens with two attached hydrogens (primary N) is 1. The Morgan fingerprint density at radius 2 is 2.53 bits per heavy atom. The van der Waals surface area contributed by atoms with Crippen molar-refractivity contribution < 1.29 is 9.21 Å². The fourth-order valence-corrected chi connectivity index (χ4v) is 1.98. The average Bonchev–Trinajstić information content (AvgIpc) is 2.94. The number of nitrogen functional groups attached to an aromatic ring is 1. The number of hydrogen-bond acceptors (Lipinski definition) is 6. The molecule has 0 bridgehead atoms. The molecule has 1 amide bonds. The van der Waals surface area contributed by atoms with E-state index in [0.29, 0.717) is 28.0 Å². The molecule has 0 saturated heterocycles. The molecule has 0 aliphatic heterocycles. The predicted octanol–water partition coefficient (Wildman–Crippen LogP) is 0.602. The van der Waals surface area contributed by atoms with Gasteiger partial charge >= 0.3 is 0 Å². The van der Waals surface area contributed by atoms with Crippen LogP contribution in [0.15, 0.2) is 22.0 Å². The van der Waals surface area contributed by atoms with Crippen molar-refractivity contribution in [3.63, 3.8) is 0 Å². The number of thioether (sulfide) groups is 1. The van der Waals surface area contributed by atoms with Gasteiger partial charge in [-0.2, -0.15) is 5.10 Å². The molecule has 0 aliphatic carbocycles. The number of rotatable bonds is 4. The molecule has 90 valence electrons. The van der Waals surface area contributed by atoms with Crippen LogP contribution in [0.1, 0.15) is 21.9 Å². The van der Waals surface area contributed by atoms with Crippen LogP contribution in [0.3, 0.4) is 0 Å². The van der Waals surface area contributed by atoms with Crippen LogP contribution in [0.2, 0.25) is 0 Å². The van der Waals surface area contributed by atoms with Gasteiger partial charge in [0, 0.05) is 0 Å². The number of aryl methyl sites for hydroxylation is 1. The number of aromatic amines is 1. The lowest BCUT2D eigenvalue weighted by atomic mass is 10.2. The van der Waals surface area contributed by atoms with Crippen molar-refractivity contribution >= 4 is 17.7 Å².